The van der Waals surface area contributed by atoms with E-state index in [9.17, 15) is 4.79 Å². The average molecular weight is 330 g/mol. The maximum Gasteiger partial charge on any atom is 0.286 e. The highest BCUT2D eigenvalue weighted by molar-refractivity contribution is 8.18. The Morgan fingerprint density at radius 2 is 1.95 bits per heavy atom. The van der Waals surface area contributed by atoms with Crippen LogP contribution < -0.4 is 0 Å². The van der Waals surface area contributed by atoms with Crippen LogP contribution in [0.15, 0.2) is 51.9 Å². The third-order valence-electron chi connectivity index (χ3n) is 3.44. The Hall–Kier alpha value is -1.46. The number of rotatable bonds is 2. The number of allylic oxidation sites excluding steroid dienone is 2. The largest absolute Gasteiger partial charge is 0.349 e. The Balaban J connectivity index is 1.71. The fraction of sp³-hybridized carbons (Fsp3) is 0.294. The van der Waals surface area contributed by atoms with Gasteiger partial charge in [0.25, 0.3) is 5.91 Å². The molecule has 0 aliphatic carbocycles. The van der Waals surface area contributed by atoms with Crippen LogP contribution in [-0.4, -0.2) is 40.6 Å². The summed E-state index contributed by atoms with van der Waals surface area (Å²) >= 11 is 3.46. The van der Waals surface area contributed by atoms with Crippen molar-refractivity contribution in [3.05, 3.63) is 52.4 Å². The summed E-state index contributed by atoms with van der Waals surface area (Å²) in [5, 5.41) is 0.865. The molecule has 1 aromatic rings. The molecule has 2 aliphatic heterocycles. The van der Waals surface area contributed by atoms with E-state index in [1.54, 1.807) is 0 Å². The van der Waals surface area contributed by atoms with Gasteiger partial charge in [-0.1, -0.05) is 36.4 Å². The lowest BCUT2D eigenvalue weighted by Crippen LogP contribution is -2.35. The van der Waals surface area contributed by atoms with Crippen LogP contribution in [0.2, 0.25) is 0 Å². The zero-order valence-corrected chi connectivity index (χ0v) is 14.1. The molecular weight excluding hydrogens is 312 g/mol. The van der Waals surface area contributed by atoms with Gasteiger partial charge in [0, 0.05) is 24.6 Å². The lowest BCUT2D eigenvalue weighted by molar-refractivity contribution is -0.113. The molecule has 0 atom stereocenters. The van der Waals surface area contributed by atoms with Crippen LogP contribution in [0, 0.1) is 0 Å². The van der Waals surface area contributed by atoms with Crippen LogP contribution in [0.4, 0.5) is 0 Å². The Labute approximate surface area is 139 Å². The number of benzene rings is 1. The number of hydrogen-bond donors (Lipinski definition) is 0. The van der Waals surface area contributed by atoms with E-state index in [0.717, 1.165) is 45.8 Å². The molecule has 5 heteroatoms. The van der Waals surface area contributed by atoms with Crippen LogP contribution in [0.3, 0.4) is 0 Å². The molecule has 2 heterocycles. The molecule has 0 unspecified atom stereocenters. The van der Waals surface area contributed by atoms with Crippen molar-refractivity contribution in [2.75, 3.05) is 24.6 Å². The van der Waals surface area contributed by atoms with Gasteiger partial charge in [-0.2, -0.15) is 16.8 Å². The highest BCUT2D eigenvalue weighted by Gasteiger charge is 2.26. The van der Waals surface area contributed by atoms with Crippen molar-refractivity contribution < 1.29 is 4.79 Å². The molecule has 0 saturated carbocycles. The van der Waals surface area contributed by atoms with Crippen LogP contribution in [0.1, 0.15) is 12.5 Å². The summed E-state index contributed by atoms with van der Waals surface area (Å²) < 4.78 is 0. The van der Waals surface area contributed by atoms with E-state index in [0.29, 0.717) is 0 Å². The van der Waals surface area contributed by atoms with Crippen molar-refractivity contribution in [2.45, 2.75) is 6.92 Å². The first-order valence-corrected chi connectivity index (χ1v) is 9.28. The minimum absolute atomic E-state index is 0.112. The smallest absolute Gasteiger partial charge is 0.286 e. The van der Waals surface area contributed by atoms with Crippen LogP contribution >= 0.6 is 23.5 Å². The monoisotopic (exact) mass is 330 g/mol. The van der Waals surface area contributed by atoms with Gasteiger partial charge in [-0.05, 0) is 35.9 Å². The van der Waals surface area contributed by atoms with Crippen LogP contribution in [0.5, 0.6) is 0 Å². The van der Waals surface area contributed by atoms with Gasteiger partial charge in [0.15, 0.2) is 5.17 Å². The van der Waals surface area contributed by atoms with Crippen molar-refractivity contribution >= 4 is 40.7 Å². The molecule has 0 radical (unpaired) electrons. The topological polar surface area (TPSA) is 32.7 Å². The van der Waals surface area contributed by atoms with Gasteiger partial charge in [-0.15, -0.1) is 0 Å². The third-order valence-corrected chi connectivity index (χ3v) is 5.43. The maximum atomic E-state index is 12.1. The molecular formula is C17H18N2OS2. The number of hydrogen-bond acceptors (Lipinski definition) is 4. The van der Waals surface area contributed by atoms with E-state index in [1.807, 2.05) is 43.0 Å². The molecule has 114 valence electrons. The SMILES string of the molecule is CC(=Cc1ccccc1)C=C1SC(N2CCSCC2)=NC1=O. The van der Waals surface area contributed by atoms with E-state index in [1.165, 1.54) is 11.8 Å². The molecule has 1 amide bonds. The van der Waals surface area contributed by atoms with E-state index in [2.05, 4.69) is 28.1 Å². The second-order valence-electron chi connectivity index (χ2n) is 5.21. The van der Waals surface area contributed by atoms with Gasteiger partial charge in [-0.25, -0.2) is 0 Å². The fourth-order valence-electron chi connectivity index (χ4n) is 2.35. The number of aliphatic imine (C=N–C) groups is 1. The molecule has 1 fully saturated rings. The zero-order valence-electron chi connectivity index (χ0n) is 12.5. The number of carbonyl (C=O) groups is 1. The highest BCUT2D eigenvalue weighted by Crippen LogP contribution is 2.30. The molecule has 0 bridgehead atoms. The van der Waals surface area contributed by atoms with Gasteiger partial charge in [0.1, 0.15) is 0 Å². The van der Waals surface area contributed by atoms with Crippen LogP contribution in [-0.2, 0) is 4.79 Å². The first-order chi connectivity index (χ1) is 10.7. The van der Waals surface area contributed by atoms with E-state index >= 15 is 0 Å². The first-order valence-electron chi connectivity index (χ1n) is 7.31. The Morgan fingerprint density at radius 1 is 1.23 bits per heavy atom. The van der Waals surface area contributed by atoms with Gasteiger partial charge < -0.3 is 4.90 Å². The number of thioether (sulfide) groups is 2. The molecule has 0 aromatic heterocycles. The summed E-state index contributed by atoms with van der Waals surface area (Å²) in [7, 11) is 0. The minimum Gasteiger partial charge on any atom is -0.349 e. The predicted octanol–water partition coefficient (Wildman–Crippen LogP) is 3.65. The Bertz CT molecular complexity index is 644. The van der Waals surface area contributed by atoms with Crippen molar-refractivity contribution in [3.8, 4) is 0 Å². The maximum absolute atomic E-state index is 12.1. The van der Waals surface area contributed by atoms with Gasteiger partial charge >= 0.3 is 0 Å². The lowest BCUT2D eigenvalue weighted by Gasteiger charge is -2.26. The highest BCUT2D eigenvalue weighted by atomic mass is 32.2. The number of nitrogens with zero attached hydrogens (tertiary/aromatic N) is 2. The molecule has 22 heavy (non-hydrogen) atoms. The molecule has 1 aromatic carbocycles. The summed E-state index contributed by atoms with van der Waals surface area (Å²) in [5.41, 5.74) is 2.20. The summed E-state index contributed by atoms with van der Waals surface area (Å²) in [6.07, 6.45) is 4.02. The summed E-state index contributed by atoms with van der Waals surface area (Å²) in [5.74, 6) is 2.11. The molecule has 2 aliphatic rings. The van der Waals surface area contributed by atoms with Crippen molar-refractivity contribution in [3.63, 3.8) is 0 Å². The fourth-order valence-corrected chi connectivity index (χ4v) is 4.27. The normalized spacial score (nSPS) is 21.4. The standard InChI is InChI=1S/C17H18N2OS2/c1-13(11-14-5-3-2-4-6-14)12-15-16(20)18-17(22-15)19-7-9-21-10-8-19/h2-6,11-12H,7-10H2,1H3. The van der Waals surface area contributed by atoms with Crippen molar-refractivity contribution in [1.29, 1.82) is 0 Å². The van der Waals surface area contributed by atoms with Gasteiger partial charge in [-0.3, -0.25) is 4.79 Å². The molecule has 1 saturated heterocycles. The van der Waals surface area contributed by atoms with Crippen molar-refractivity contribution in [2.24, 2.45) is 4.99 Å². The number of amidine groups is 1. The summed E-state index contributed by atoms with van der Waals surface area (Å²) in [6, 6.07) is 10.1. The number of carbonyl (C=O) groups excluding carboxylic acids is 1. The summed E-state index contributed by atoms with van der Waals surface area (Å²) in [4.78, 5) is 19.2. The quantitative estimate of drug-likeness (QED) is 0.775. The second kappa shape index (κ2) is 7.20. The average Bonchev–Trinajstić information content (AvgIpc) is 2.90. The zero-order chi connectivity index (χ0) is 15.4. The van der Waals surface area contributed by atoms with Gasteiger partial charge in [0.2, 0.25) is 0 Å². The number of amides is 1. The first kappa shape index (κ1) is 15.4. The Morgan fingerprint density at radius 3 is 2.68 bits per heavy atom. The third kappa shape index (κ3) is 3.84. The minimum atomic E-state index is -0.112. The molecule has 3 rings (SSSR count). The van der Waals surface area contributed by atoms with E-state index in [-0.39, 0.29) is 5.91 Å². The van der Waals surface area contributed by atoms with E-state index in [4.69, 9.17) is 0 Å². The van der Waals surface area contributed by atoms with E-state index < -0.39 is 0 Å². The molecule has 0 spiro atoms. The predicted molar refractivity (Wildman–Crippen MR) is 97.1 cm³/mol. The second-order valence-corrected chi connectivity index (χ2v) is 7.44. The van der Waals surface area contributed by atoms with Gasteiger partial charge in [0.05, 0.1) is 4.91 Å². The molecule has 3 nitrogen and oxygen atoms in total. The van der Waals surface area contributed by atoms with Crippen molar-refractivity contribution in [1.82, 2.24) is 4.90 Å². The molecule has 0 N–H and O–H groups in total. The Kier molecular flexibility index (Phi) is 5.05. The lowest BCUT2D eigenvalue weighted by atomic mass is 10.1. The van der Waals surface area contributed by atoms with Crippen LogP contribution in [0.25, 0.3) is 6.08 Å². The summed E-state index contributed by atoms with van der Waals surface area (Å²) in [6.45, 7) is 3.98.